The topological polar surface area (TPSA) is 81.2 Å². The lowest BCUT2D eigenvalue weighted by Gasteiger charge is -2.29. The Morgan fingerprint density at radius 1 is 1.45 bits per heavy atom. The van der Waals surface area contributed by atoms with Crippen molar-refractivity contribution in [2.75, 3.05) is 25.4 Å². The molecule has 2 rings (SSSR count). The Hall–Kier alpha value is -0.570. The summed E-state index contributed by atoms with van der Waals surface area (Å²) in [5, 5.41) is 4.64. The summed E-state index contributed by atoms with van der Waals surface area (Å²) >= 11 is 1.81. The quantitative estimate of drug-likeness (QED) is 0.878. The average molecular weight is 318 g/mol. The molecule has 0 saturated carbocycles. The Labute approximate surface area is 124 Å². The minimum atomic E-state index is -3.46. The lowest BCUT2D eigenvalue weighted by Crippen LogP contribution is -2.41. The Bertz CT molecular complexity index is 583. The second kappa shape index (κ2) is 6.05. The predicted molar refractivity (Wildman–Crippen MR) is 81.4 cm³/mol. The molecule has 1 aromatic heterocycles. The summed E-state index contributed by atoms with van der Waals surface area (Å²) in [7, 11) is -3.46. The van der Waals surface area contributed by atoms with E-state index in [-0.39, 0.29) is 0 Å². The highest BCUT2D eigenvalue weighted by atomic mass is 32.2. The molecule has 0 amide bonds. The first kappa shape index (κ1) is 15.8. The van der Waals surface area contributed by atoms with Gasteiger partial charge < -0.3 is 5.73 Å². The molecule has 0 radical (unpaired) electrons. The van der Waals surface area contributed by atoms with Crippen molar-refractivity contribution in [1.29, 1.82) is 0 Å². The van der Waals surface area contributed by atoms with E-state index in [1.165, 1.54) is 0 Å². The van der Waals surface area contributed by atoms with Gasteiger partial charge in [0.1, 0.15) is 4.90 Å². The van der Waals surface area contributed by atoms with Gasteiger partial charge in [-0.25, -0.2) is 8.42 Å². The molecule has 6 nitrogen and oxygen atoms in total. The van der Waals surface area contributed by atoms with Crippen molar-refractivity contribution < 1.29 is 8.42 Å². The molecular formula is C12H22N4O2S2. The summed E-state index contributed by atoms with van der Waals surface area (Å²) in [6, 6.07) is 0. The number of nitrogens with zero attached hydrogens (tertiary/aromatic N) is 3. The largest absolute Gasteiger partial charge is 0.329 e. The van der Waals surface area contributed by atoms with Crippen LogP contribution in [0.15, 0.2) is 4.90 Å². The number of nitrogens with two attached hydrogens (primary N) is 1. The van der Waals surface area contributed by atoms with E-state index in [2.05, 4.69) is 12.0 Å². The molecule has 8 heteroatoms. The number of thioether (sulfide) groups is 1. The third kappa shape index (κ3) is 2.88. The van der Waals surface area contributed by atoms with E-state index >= 15 is 0 Å². The molecule has 1 saturated heterocycles. The molecule has 0 aromatic carbocycles. The SMILES string of the molecule is Cc1nn(CCN)c(C)c1S(=O)(=O)N1CCSC(C)C1. The molecule has 1 atom stereocenters. The summed E-state index contributed by atoms with van der Waals surface area (Å²) in [6.07, 6.45) is 0. The smallest absolute Gasteiger partial charge is 0.246 e. The number of aromatic nitrogens is 2. The summed E-state index contributed by atoms with van der Waals surface area (Å²) in [5.74, 6) is 0.843. The van der Waals surface area contributed by atoms with E-state index in [0.29, 0.717) is 47.7 Å². The van der Waals surface area contributed by atoms with Crippen LogP contribution in [-0.4, -0.2) is 53.1 Å². The van der Waals surface area contributed by atoms with Crippen LogP contribution in [0.5, 0.6) is 0 Å². The molecule has 0 spiro atoms. The monoisotopic (exact) mass is 318 g/mol. The molecule has 20 heavy (non-hydrogen) atoms. The van der Waals surface area contributed by atoms with Crippen molar-refractivity contribution in [1.82, 2.24) is 14.1 Å². The van der Waals surface area contributed by atoms with Gasteiger partial charge in [-0.2, -0.15) is 21.2 Å². The Morgan fingerprint density at radius 3 is 2.75 bits per heavy atom. The summed E-state index contributed by atoms with van der Waals surface area (Å²) in [5.41, 5.74) is 6.77. The molecule has 1 unspecified atom stereocenters. The zero-order valence-electron chi connectivity index (χ0n) is 12.2. The van der Waals surface area contributed by atoms with E-state index in [1.54, 1.807) is 22.8 Å². The minimum Gasteiger partial charge on any atom is -0.329 e. The first-order valence-corrected chi connectivity index (χ1v) is 9.22. The molecule has 2 heterocycles. The fourth-order valence-electron chi connectivity index (χ4n) is 2.53. The number of rotatable bonds is 4. The van der Waals surface area contributed by atoms with Crippen LogP contribution < -0.4 is 5.73 Å². The van der Waals surface area contributed by atoms with Crippen molar-refractivity contribution in [2.45, 2.75) is 37.5 Å². The lowest BCUT2D eigenvalue weighted by molar-refractivity contribution is 0.423. The Kier molecular flexibility index (Phi) is 4.78. The molecule has 1 aliphatic rings. The fourth-order valence-corrected chi connectivity index (χ4v) is 5.65. The van der Waals surface area contributed by atoms with Crippen molar-refractivity contribution in [3.63, 3.8) is 0 Å². The van der Waals surface area contributed by atoms with Crippen molar-refractivity contribution in [2.24, 2.45) is 5.73 Å². The van der Waals surface area contributed by atoms with Gasteiger partial charge in [0, 0.05) is 30.6 Å². The van der Waals surface area contributed by atoms with E-state index in [0.717, 1.165) is 5.75 Å². The number of sulfonamides is 1. The van der Waals surface area contributed by atoms with Gasteiger partial charge in [0.25, 0.3) is 0 Å². The highest BCUT2D eigenvalue weighted by Crippen LogP contribution is 2.27. The molecular weight excluding hydrogens is 296 g/mol. The van der Waals surface area contributed by atoms with Crippen LogP contribution in [0.3, 0.4) is 0 Å². The van der Waals surface area contributed by atoms with Gasteiger partial charge in [0.2, 0.25) is 10.0 Å². The Balaban J connectivity index is 2.39. The van der Waals surface area contributed by atoms with Crippen molar-refractivity contribution >= 4 is 21.8 Å². The van der Waals surface area contributed by atoms with E-state index < -0.39 is 10.0 Å². The zero-order chi connectivity index (χ0) is 14.9. The molecule has 2 N–H and O–H groups in total. The van der Waals surface area contributed by atoms with Crippen LogP contribution >= 0.6 is 11.8 Å². The van der Waals surface area contributed by atoms with Crippen LogP contribution in [-0.2, 0) is 16.6 Å². The molecule has 0 aliphatic carbocycles. The maximum Gasteiger partial charge on any atom is 0.246 e. The van der Waals surface area contributed by atoms with Gasteiger partial charge in [-0.15, -0.1) is 0 Å². The maximum absolute atomic E-state index is 12.8. The van der Waals surface area contributed by atoms with Crippen LogP contribution in [0.1, 0.15) is 18.3 Å². The van der Waals surface area contributed by atoms with Crippen molar-refractivity contribution in [3.8, 4) is 0 Å². The molecule has 1 fully saturated rings. The van der Waals surface area contributed by atoms with Crippen LogP contribution in [0.25, 0.3) is 0 Å². The summed E-state index contributed by atoms with van der Waals surface area (Å²) in [4.78, 5) is 0.352. The molecule has 0 bridgehead atoms. The number of hydrogen-bond donors (Lipinski definition) is 1. The average Bonchev–Trinajstić information content (AvgIpc) is 2.65. The van der Waals surface area contributed by atoms with E-state index in [1.807, 2.05) is 11.8 Å². The highest BCUT2D eigenvalue weighted by Gasteiger charge is 2.33. The third-order valence-electron chi connectivity index (χ3n) is 3.46. The van der Waals surface area contributed by atoms with Gasteiger partial charge in [-0.05, 0) is 13.8 Å². The summed E-state index contributed by atoms with van der Waals surface area (Å²) < 4.78 is 28.9. The number of hydrogen-bond acceptors (Lipinski definition) is 5. The third-order valence-corrected chi connectivity index (χ3v) is 6.71. The van der Waals surface area contributed by atoms with Gasteiger partial charge in [0.15, 0.2) is 0 Å². The first-order chi connectivity index (χ1) is 9.37. The predicted octanol–water partition coefficient (Wildman–Crippen LogP) is 0.585. The van der Waals surface area contributed by atoms with Crippen LogP contribution in [0, 0.1) is 13.8 Å². The van der Waals surface area contributed by atoms with Gasteiger partial charge in [-0.3, -0.25) is 4.68 Å². The fraction of sp³-hybridized carbons (Fsp3) is 0.750. The van der Waals surface area contributed by atoms with E-state index in [4.69, 9.17) is 5.73 Å². The molecule has 1 aliphatic heterocycles. The molecule has 114 valence electrons. The minimum absolute atomic E-state index is 0.332. The van der Waals surface area contributed by atoms with Crippen LogP contribution in [0.4, 0.5) is 0 Å². The van der Waals surface area contributed by atoms with Gasteiger partial charge >= 0.3 is 0 Å². The lowest BCUT2D eigenvalue weighted by atomic mass is 10.4. The normalized spacial score (nSPS) is 21.3. The van der Waals surface area contributed by atoms with Crippen molar-refractivity contribution in [3.05, 3.63) is 11.4 Å². The standard InChI is InChI=1S/C12H22N4O2S2/c1-9-8-15(6-7-19-9)20(17,18)12-10(2)14-16(5-4-13)11(12)3/h9H,4-8,13H2,1-3H3. The van der Waals surface area contributed by atoms with Gasteiger partial charge in [-0.1, -0.05) is 6.92 Å². The van der Waals surface area contributed by atoms with Gasteiger partial charge in [0.05, 0.1) is 17.9 Å². The highest BCUT2D eigenvalue weighted by molar-refractivity contribution is 8.00. The second-order valence-corrected chi connectivity index (χ2v) is 8.48. The Morgan fingerprint density at radius 2 is 2.15 bits per heavy atom. The molecule has 1 aromatic rings. The second-order valence-electron chi connectivity index (χ2n) is 5.06. The first-order valence-electron chi connectivity index (χ1n) is 6.73. The summed E-state index contributed by atoms with van der Waals surface area (Å²) in [6.45, 7) is 7.71. The maximum atomic E-state index is 12.8. The van der Waals surface area contributed by atoms with E-state index in [9.17, 15) is 8.42 Å². The van der Waals surface area contributed by atoms with Crippen LogP contribution in [0.2, 0.25) is 0 Å². The number of aryl methyl sites for hydroxylation is 1. The zero-order valence-corrected chi connectivity index (χ0v) is 13.8.